The van der Waals surface area contributed by atoms with Crippen molar-refractivity contribution in [1.29, 1.82) is 0 Å². The first-order chi connectivity index (χ1) is 16.4. The number of rotatable bonds is 7. The third-order valence-corrected chi connectivity index (χ3v) is 9.62. The van der Waals surface area contributed by atoms with Crippen LogP contribution in [0.2, 0.25) is 0 Å². The minimum absolute atomic E-state index is 0.0100. The number of ketones is 1. The van der Waals surface area contributed by atoms with Gasteiger partial charge in [0.1, 0.15) is 5.60 Å². The van der Waals surface area contributed by atoms with Crippen LogP contribution in [0.1, 0.15) is 87.8 Å². The molecule has 2 aromatic rings. The first-order valence-electron chi connectivity index (χ1n) is 12.4. The molecule has 0 amide bonds. The third kappa shape index (κ3) is 5.24. The number of aliphatic hydroxyl groups is 2. The minimum atomic E-state index is -0.887. The van der Waals surface area contributed by atoms with Crippen molar-refractivity contribution in [2.24, 2.45) is 5.92 Å². The van der Waals surface area contributed by atoms with Crippen molar-refractivity contribution >= 4 is 34.9 Å². The Labute approximate surface area is 216 Å². The number of aliphatic hydroxyl groups excluding tert-OH is 2. The molecule has 3 unspecified atom stereocenters. The molecule has 7 heteroatoms. The molecule has 1 aliphatic carbocycles. The summed E-state index contributed by atoms with van der Waals surface area (Å²) in [5.74, 6) is -0.565. The fourth-order valence-corrected chi connectivity index (χ4v) is 7.36. The van der Waals surface area contributed by atoms with E-state index in [4.69, 9.17) is 4.74 Å². The largest absolute Gasteiger partial charge is 0.457 e. The van der Waals surface area contributed by atoms with Crippen LogP contribution in [0.25, 0.3) is 0 Å². The Morgan fingerprint density at radius 3 is 2.54 bits per heavy atom. The fourth-order valence-electron chi connectivity index (χ4n) is 5.15. The van der Waals surface area contributed by atoms with E-state index >= 15 is 0 Å². The first kappa shape index (κ1) is 26.4. The smallest absolute Gasteiger partial charge is 0.327 e. The van der Waals surface area contributed by atoms with Gasteiger partial charge in [0.05, 0.1) is 12.7 Å². The van der Waals surface area contributed by atoms with Crippen molar-refractivity contribution in [3.63, 3.8) is 0 Å². The molecular formula is C28H36O5S2. The third-order valence-electron chi connectivity index (χ3n) is 7.50. The van der Waals surface area contributed by atoms with E-state index in [1.165, 1.54) is 11.8 Å². The van der Waals surface area contributed by atoms with E-state index in [0.29, 0.717) is 19.3 Å². The second-order valence-electron chi connectivity index (χ2n) is 11.2. The molecule has 0 saturated carbocycles. The van der Waals surface area contributed by atoms with E-state index in [9.17, 15) is 19.8 Å². The van der Waals surface area contributed by atoms with E-state index in [2.05, 4.69) is 32.9 Å². The molecule has 1 fully saturated rings. The van der Waals surface area contributed by atoms with Crippen molar-refractivity contribution in [1.82, 2.24) is 0 Å². The number of thiophene rings is 1. The highest BCUT2D eigenvalue weighted by Gasteiger charge is 2.49. The molecule has 0 radical (unpaired) electrons. The topological polar surface area (TPSA) is 83.8 Å². The van der Waals surface area contributed by atoms with Gasteiger partial charge in [-0.25, -0.2) is 0 Å². The summed E-state index contributed by atoms with van der Waals surface area (Å²) in [5.41, 5.74) is 4.00. The molecule has 2 aliphatic rings. The van der Waals surface area contributed by atoms with E-state index in [1.54, 1.807) is 11.3 Å². The van der Waals surface area contributed by atoms with Gasteiger partial charge in [-0.1, -0.05) is 40.7 Å². The summed E-state index contributed by atoms with van der Waals surface area (Å²) in [6, 6.07) is 4.13. The van der Waals surface area contributed by atoms with Crippen LogP contribution in [0, 0.1) is 5.92 Å². The number of fused-ring (bicyclic) bond motifs is 1. The highest BCUT2D eigenvalue weighted by atomic mass is 32.2. The summed E-state index contributed by atoms with van der Waals surface area (Å²) in [6.45, 7) is 10.3. The number of cyclic esters (lactones) is 1. The summed E-state index contributed by atoms with van der Waals surface area (Å²) >= 11 is 2.84. The summed E-state index contributed by atoms with van der Waals surface area (Å²) in [7, 11) is 0. The predicted molar refractivity (Wildman–Crippen MR) is 140 cm³/mol. The number of hydrogen-bond donors (Lipinski definition) is 2. The van der Waals surface area contributed by atoms with Gasteiger partial charge in [-0.2, -0.15) is 11.3 Å². The number of carbonyl (C=O) groups is 2. The molecule has 0 bridgehead atoms. The predicted octanol–water partition coefficient (Wildman–Crippen LogP) is 5.52. The van der Waals surface area contributed by atoms with Gasteiger partial charge in [-0.05, 0) is 81.7 Å². The lowest BCUT2D eigenvalue weighted by atomic mass is 9.78. The maximum absolute atomic E-state index is 13.5. The number of hydrogen-bond acceptors (Lipinski definition) is 7. The van der Waals surface area contributed by atoms with Crippen LogP contribution >= 0.6 is 23.1 Å². The molecule has 190 valence electrons. The zero-order valence-electron chi connectivity index (χ0n) is 21.2. The number of esters is 1. The molecule has 3 atom stereocenters. The second-order valence-corrected chi connectivity index (χ2v) is 13.1. The zero-order chi connectivity index (χ0) is 25.5. The number of Topliss-reactive ketones (excluding diaryl/α,β-unsaturated/α-hetero) is 1. The summed E-state index contributed by atoms with van der Waals surface area (Å²) in [4.78, 5) is 27.7. The lowest BCUT2D eigenvalue weighted by molar-refractivity contribution is -0.176. The van der Waals surface area contributed by atoms with Crippen LogP contribution in [0.4, 0.5) is 0 Å². The molecule has 1 aromatic heterocycles. The Kier molecular flexibility index (Phi) is 7.54. The zero-order valence-corrected chi connectivity index (χ0v) is 22.9. The standard InChI is InChI=1S/C28H36O5S2/c1-16(2)28(9-8-18-14-34-15-19(18)13-29)12-23(31)25(26(32)33-28)35-24-10-17-6-7-22(30)20(17)11-21(24)27(3,4)5/h10-11,14-16,22,25,29-30H,6-9,12-13H2,1-5H3. The molecule has 4 rings (SSSR count). The van der Waals surface area contributed by atoms with Crippen LogP contribution < -0.4 is 0 Å². The maximum Gasteiger partial charge on any atom is 0.327 e. The summed E-state index contributed by atoms with van der Waals surface area (Å²) in [5, 5.41) is 23.0. The Hall–Kier alpha value is -1.67. The Balaban J connectivity index is 1.57. The van der Waals surface area contributed by atoms with Crippen molar-refractivity contribution in [2.75, 3.05) is 0 Å². The average molecular weight is 517 g/mol. The number of ether oxygens (including phenoxy) is 1. The van der Waals surface area contributed by atoms with Crippen molar-refractivity contribution in [3.8, 4) is 0 Å². The van der Waals surface area contributed by atoms with Gasteiger partial charge in [0.2, 0.25) is 0 Å². The molecule has 5 nitrogen and oxygen atoms in total. The lowest BCUT2D eigenvalue weighted by Crippen LogP contribution is -2.52. The van der Waals surface area contributed by atoms with Crippen molar-refractivity contribution in [3.05, 3.63) is 50.7 Å². The molecule has 0 spiro atoms. The highest BCUT2D eigenvalue weighted by Crippen LogP contribution is 2.45. The molecule has 1 aromatic carbocycles. The molecule has 2 heterocycles. The summed E-state index contributed by atoms with van der Waals surface area (Å²) < 4.78 is 6.12. The van der Waals surface area contributed by atoms with Gasteiger partial charge in [0, 0.05) is 11.3 Å². The Bertz CT molecular complexity index is 1090. The number of aryl methyl sites for hydroxylation is 2. The highest BCUT2D eigenvalue weighted by molar-refractivity contribution is 8.01. The Morgan fingerprint density at radius 2 is 1.91 bits per heavy atom. The van der Waals surface area contributed by atoms with E-state index in [-0.39, 0.29) is 30.1 Å². The number of benzene rings is 1. The van der Waals surface area contributed by atoms with Crippen LogP contribution in [0.15, 0.2) is 27.8 Å². The Morgan fingerprint density at radius 1 is 1.20 bits per heavy atom. The average Bonchev–Trinajstić information content (AvgIpc) is 3.39. The monoisotopic (exact) mass is 516 g/mol. The lowest BCUT2D eigenvalue weighted by Gasteiger charge is -2.41. The van der Waals surface area contributed by atoms with Gasteiger partial charge in [0.15, 0.2) is 11.0 Å². The summed E-state index contributed by atoms with van der Waals surface area (Å²) in [6.07, 6.45) is 2.45. The van der Waals surface area contributed by atoms with Gasteiger partial charge in [-0.15, -0.1) is 11.8 Å². The molecule has 35 heavy (non-hydrogen) atoms. The number of thioether (sulfide) groups is 1. The molecule has 1 saturated heterocycles. The maximum atomic E-state index is 13.5. The van der Waals surface area contributed by atoms with Crippen molar-refractivity contribution < 1.29 is 24.5 Å². The SMILES string of the molecule is CC(C)C1(CCc2cscc2CO)CC(=O)C(Sc2cc3c(cc2C(C)(C)C)C(O)CC3)C(=O)O1. The van der Waals surface area contributed by atoms with Crippen molar-refractivity contribution in [2.45, 2.75) is 101 Å². The molecule has 2 N–H and O–H groups in total. The fraction of sp³-hybridized carbons (Fsp3) is 0.571. The molecular weight excluding hydrogens is 480 g/mol. The van der Waals surface area contributed by atoms with Crippen LogP contribution in [-0.4, -0.2) is 32.8 Å². The van der Waals surface area contributed by atoms with Crippen LogP contribution in [-0.2, 0) is 39.2 Å². The minimum Gasteiger partial charge on any atom is -0.457 e. The van der Waals surface area contributed by atoms with Crippen LogP contribution in [0.5, 0.6) is 0 Å². The van der Waals surface area contributed by atoms with E-state index in [1.807, 2.05) is 24.6 Å². The second kappa shape index (κ2) is 10.0. The normalized spacial score (nSPS) is 24.7. The molecule has 1 aliphatic heterocycles. The van der Waals surface area contributed by atoms with Gasteiger partial charge >= 0.3 is 5.97 Å². The van der Waals surface area contributed by atoms with E-state index < -0.39 is 22.9 Å². The van der Waals surface area contributed by atoms with Gasteiger partial charge in [0.25, 0.3) is 0 Å². The first-order valence-corrected chi connectivity index (χ1v) is 14.2. The van der Waals surface area contributed by atoms with Gasteiger partial charge in [-0.3, -0.25) is 9.59 Å². The van der Waals surface area contributed by atoms with Gasteiger partial charge < -0.3 is 14.9 Å². The van der Waals surface area contributed by atoms with E-state index in [0.717, 1.165) is 39.1 Å². The quantitative estimate of drug-likeness (QED) is 0.372. The number of carbonyl (C=O) groups excluding carboxylic acids is 2. The van der Waals surface area contributed by atoms with Crippen LogP contribution in [0.3, 0.4) is 0 Å².